The number of hydrogen-bond donors (Lipinski definition) is 0. The standard InChI is InChI=1S/C35H28N4O6S4/c1-3-15-44-26-28-29(47-34(46-28)23(17-36)18-37)27(45-16-14-24(40)43-2)31-30(26)48-35(49-31)25-32(41)38(19-21-10-6-4-7-11-21)39(33(25)42)20-22-12-8-5-9-13-22/h4-13H,3,14-16,19-20H2,1-2H3. The van der Waals surface area contributed by atoms with Gasteiger partial charge in [0.1, 0.15) is 34.8 Å². The van der Waals surface area contributed by atoms with E-state index in [2.05, 4.69) is 0 Å². The van der Waals surface area contributed by atoms with Gasteiger partial charge in [0.05, 0.1) is 67.9 Å². The molecule has 3 heterocycles. The second-order valence-corrected chi connectivity index (χ2v) is 15.3. The zero-order chi connectivity index (χ0) is 34.5. The minimum atomic E-state index is -0.445. The zero-order valence-electron chi connectivity index (χ0n) is 26.4. The lowest BCUT2D eigenvalue weighted by atomic mass is 10.2. The molecule has 0 atom stereocenters. The van der Waals surface area contributed by atoms with Gasteiger partial charge in [-0.25, -0.2) is 10.0 Å². The van der Waals surface area contributed by atoms with Crippen molar-refractivity contribution in [2.24, 2.45) is 0 Å². The van der Waals surface area contributed by atoms with E-state index in [1.165, 1.54) is 64.2 Å². The molecule has 0 unspecified atom stereocenters. The molecule has 3 aliphatic rings. The van der Waals surface area contributed by atoms with Crippen molar-refractivity contribution in [3.63, 3.8) is 0 Å². The van der Waals surface area contributed by atoms with Crippen LogP contribution in [0.25, 0.3) is 0 Å². The third kappa shape index (κ3) is 7.00. The van der Waals surface area contributed by atoms with Crippen molar-refractivity contribution in [2.45, 2.75) is 52.4 Å². The number of hydrogen-bond acceptors (Lipinski definition) is 12. The van der Waals surface area contributed by atoms with Gasteiger partial charge in [-0.3, -0.25) is 14.4 Å². The summed E-state index contributed by atoms with van der Waals surface area (Å²) in [5.74, 6) is -0.312. The number of nitriles is 2. The summed E-state index contributed by atoms with van der Waals surface area (Å²) in [5.41, 5.74) is 1.78. The normalized spacial score (nSPS) is 14.8. The lowest BCUT2D eigenvalue weighted by molar-refractivity contribution is -0.149. The van der Waals surface area contributed by atoms with Crippen LogP contribution in [0.1, 0.15) is 30.9 Å². The van der Waals surface area contributed by atoms with Gasteiger partial charge in [-0.1, -0.05) is 115 Å². The molecule has 0 radical (unpaired) electrons. The van der Waals surface area contributed by atoms with Gasteiger partial charge in [0.15, 0.2) is 0 Å². The summed E-state index contributed by atoms with van der Waals surface area (Å²) in [6.07, 6.45) is 0.705. The largest absolute Gasteiger partial charge is 0.491 e. The van der Waals surface area contributed by atoms with Crippen LogP contribution in [0.15, 0.2) is 99.9 Å². The Morgan fingerprint density at radius 1 is 0.735 bits per heavy atom. The third-order valence-corrected chi connectivity index (χ3v) is 12.6. The lowest BCUT2D eigenvalue weighted by Gasteiger charge is -2.27. The molecule has 0 spiro atoms. The first-order valence-electron chi connectivity index (χ1n) is 15.2. The third-order valence-electron chi connectivity index (χ3n) is 7.42. The molecule has 1 saturated heterocycles. The van der Waals surface area contributed by atoms with Gasteiger partial charge in [0, 0.05) is 0 Å². The van der Waals surface area contributed by atoms with Crippen molar-refractivity contribution in [3.05, 3.63) is 91.4 Å². The molecule has 6 rings (SSSR count). The first kappa shape index (κ1) is 34.4. The lowest BCUT2D eigenvalue weighted by Crippen LogP contribution is -2.39. The van der Waals surface area contributed by atoms with E-state index < -0.39 is 17.8 Å². The number of carbonyl (C=O) groups is 3. The molecule has 49 heavy (non-hydrogen) atoms. The molecule has 14 heteroatoms. The Morgan fingerprint density at radius 2 is 1.20 bits per heavy atom. The maximum atomic E-state index is 14.3. The summed E-state index contributed by atoms with van der Waals surface area (Å²) in [6.45, 7) is 2.79. The number of fused-ring (bicyclic) bond motifs is 2. The Kier molecular flexibility index (Phi) is 10.8. The Labute approximate surface area is 300 Å². The second-order valence-electron chi connectivity index (χ2n) is 10.7. The maximum absolute atomic E-state index is 14.3. The summed E-state index contributed by atoms with van der Waals surface area (Å²) in [5, 5.41) is 22.2. The van der Waals surface area contributed by atoms with Crippen molar-refractivity contribution >= 4 is 64.8 Å². The van der Waals surface area contributed by atoms with E-state index in [1.807, 2.05) is 79.7 Å². The fourth-order valence-electron chi connectivity index (χ4n) is 5.10. The van der Waals surface area contributed by atoms with Crippen LogP contribution >= 0.6 is 47.0 Å². The first-order chi connectivity index (χ1) is 23.9. The van der Waals surface area contributed by atoms with Crippen LogP contribution < -0.4 is 9.47 Å². The van der Waals surface area contributed by atoms with Crippen molar-refractivity contribution < 1.29 is 28.6 Å². The van der Waals surface area contributed by atoms with Crippen LogP contribution in [0.5, 0.6) is 11.5 Å². The van der Waals surface area contributed by atoms with Crippen molar-refractivity contribution in [3.8, 4) is 23.6 Å². The smallest absolute Gasteiger partial charge is 0.308 e. The highest BCUT2D eigenvalue weighted by Gasteiger charge is 2.46. The molecule has 1 fully saturated rings. The molecule has 0 bridgehead atoms. The predicted octanol–water partition coefficient (Wildman–Crippen LogP) is 7.27. The minimum Gasteiger partial charge on any atom is -0.491 e. The highest BCUT2D eigenvalue weighted by molar-refractivity contribution is 8.26. The van der Waals surface area contributed by atoms with Crippen LogP contribution in [0.2, 0.25) is 0 Å². The average Bonchev–Trinajstić information content (AvgIpc) is 3.81. The van der Waals surface area contributed by atoms with Crippen LogP contribution in [0.3, 0.4) is 0 Å². The van der Waals surface area contributed by atoms with Gasteiger partial charge in [-0.05, 0) is 17.5 Å². The van der Waals surface area contributed by atoms with E-state index in [0.29, 0.717) is 52.6 Å². The molecule has 2 amide bonds. The molecule has 0 aromatic heterocycles. The summed E-state index contributed by atoms with van der Waals surface area (Å²) in [4.78, 5) is 43.1. The molecular formula is C35H28N4O6S4. The maximum Gasteiger partial charge on any atom is 0.308 e. The van der Waals surface area contributed by atoms with Crippen molar-refractivity contribution in [1.29, 1.82) is 10.5 Å². The number of esters is 1. The highest BCUT2D eigenvalue weighted by atomic mass is 32.2. The number of carbonyl (C=O) groups excluding carboxylic acids is 3. The Balaban J connectivity index is 1.45. The van der Waals surface area contributed by atoms with Gasteiger partial charge >= 0.3 is 5.97 Å². The number of nitrogens with zero attached hydrogens (tertiary/aromatic N) is 4. The molecule has 0 saturated carbocycles. The van der Waals surface area contributed by atoms with E-state index in [1.54, 1.807) is 0 Å². The van der Waals surface area contributed by atoms with E-state index >= 15 is 0 Å². The molecular weight excluding hydrogens is 701 g/mol. The van der Waals surface area contributed by atoms with E-state index in [-0.39, 0.29) is 37.3 Å². The summed E-state index contributed by atoms with van der Waals surface area (Å²) in [7, 11) is 1.30. The number of thioether (sulfide) groups is 4. The van der Waals surface area contributed by atoms with Crippen LogP contribution in [0, 0.1) is 22.7 Å². The fraction of sp³-hybridized carbons (Fsp3) is 0.229. The number of hydrazine groups is 1. The summed E-state index contributed by atoms with van der Waals surface area (Å²) >= 11 is 4.97. The van der Waals surface area contributed by atoms with Gasteiger partial charge in [0.25, 0.3) is 11.8 Å². The first-order valence-corrected chi connectivity index (χ1v) is 18.4. The average molecular weight is 729 g/mol. The number of rotatable bonds is 11. The Bertz CT molecular complexity index is 1890. The molecule has 0 aliphatic carbocycles. The molecule has 3 aromatic carbocycles. The highest BCUT2D eigenvalue weighted by Crippen LogP contribution is 2.68. The van der Waals surface area contributed by atoms with Gasteiger partial charge in [-0.15, -0.1) is 0 Å². The topological polar surface area (TPSA) is 133 Å². The molecule has 0 N–H and O–H groups in total. The number of amides is 2. The molecule has 3 aliphatic heterocycles. The van der Waals surface area contributed by atoms with Crippen molar-refractivity contribution in [1.82, 2.24) is 10.0 Å². The van der Waals surface area contributed by atoms with Gasteiger partial charge < -0.3 is 14.2 Å². The molecule has 3 aromatic rings. The van der Waals surface area contributed by atoms with Gasteiger partial charge in [-0.2, -0.15) is 10.5 Å². The Morgan fingerprint density at radius 3 is 1.65 bits per heavy atom. The second kappa shape index (κ2) is 15.4. The number of ether oxygens (including phenoxy) is 3. The van der Waals surface area contributed by atoms with Crippen molar-refractivity contribution in [2.75, 3.05) is 20.3 Å². The predicted molar refractivity (Wildman–Crippen MR) is 187 cm³/mol. The van der Waals surface area contributed by atoms with E-state index in [0.717, 1.165) is 11.1 Å². The van der Waals surface area contributed by atoms with E-state index in [9.17, 15) is 24.9 Å². The number of benzene rings is 3. The minimum absolute atomic E-state index is 0.000944. The summed E-state index contributed by atoms with van der Waals surface area (Å²) in [6, 6.07) is 22.9. The van der Waals surface area contributed by atoms with Crippen LogP contribution in [0.4, 0.5) is 0 Å². The zero-order valence-corrected chi connectivity index (χ0v) is 29.7. The number of methoxy groups -OCH3 is 1. The molecule has 248 valence electrons. The monoisotopic (exact) mass is 728 g/mol. The van der Waals surface area contributed by atoms with Crippen LogP contribution in [-0.2, 0) is 32.2 Å². The Hall–Kier alpha value is -4.47. The SMILES string of the molecule is CCCOc1c2c(c(OCCC(=O)OC)c3c1SC(=C1C(=O)N(Cc4ccccc4)N(Cc4ccccc4)C1=O)S3)SC(=C(C#N)C#N)S2. The summed E-state index contributed by atoms with van der Waals surface area (Å²) < 4.78 is 18.4. The molecule has 10 nitrogen and oxygen atoms in total. The quantitative estimate of drug-likeness (QED) is 0.0851. The van der Waals surface area contributed by atoms with E-state index in [4.69, 9.17) is 14.2 Å². The van der Waals surface area contributed by atoms with Crippen LogP contribution in [-0.4, -0.2) is 48.1 Å². The fourth-order valence-corrected chi connectivity index (χ4v) is 10.5. The number of allylic oxidation sites excluding steroid dienone is 1. The van der Waals surface area contributed by atoms with Gasteiger partial charge in [0.2, 0.25) is 0 Å².